The SMILES string of the molecule is COc1cccc(CC(NN)c2cn[nH]n2)c1. The molecule has 90 valence electrons. The van der Waals surface area contributed by atoms with Crippen LogP contribution in [0.25, 0.3) is 0 Å². The molecule has 17 heavy (non-hydrogen) atoms. The fourth-order valence-corrected chi connectivity index (χ4v) is 1.66. The van der Waals surface area contributed by atoms with E-state index in [0.717, 1.165) is 23.4 Å². The maximum Gasteiger partial charge on any atom is 0.119 e. The van der Waals surface area contributed by atoms with Crippen LogP contribution in [-0.4, -0.2) is 22.5 Å². The van der Waals surface area contributed by atoms with Gasteiger partial charge < -0.3 is 4.74 Å². The molecule has 4 N–H and O–H groups in total. The number of nitrogens with zero attached hydrogens (tertiary/aromatic N) is 2. The van der Waals surface area contributed by atoms with Crippen molar-refractivity contribution in [3.8, 4) is 5.75 Å². The summed E-state index contributed by atoms with van der Waals surface area (Å²) in [4.78, 5) is 0. The molecule has 0 aliphatic rings. The molecule has 1 unspecified atom stereocenters. The first-order chi connectivity index (χ1) is 8.33. The highest BCUT2D eigenvalue weighted by Gasteiger charge is 2.13. The summed E-state index contributed by atoms with van der Waals surface area (Å²) in [5.74, 6) is 6.35. The van der Waals surface area contributed by atoms with Crippen molar-refractivity contribution in [1.82, 2.24) is 20.8 Å². The number of aromatic amines is 1. The number of methoxy groups -OCH3 is 1. The number of hydrogen-bond donors (Lipinski definition) is 3. The summed E-state index contributed by atoms with van der Waals surface area (Å²) < 4.78 is 5.17. The van der Waals surface area contributed by atoms with Gasteiger partial charge in [0.15, 0.2) is 0 Å². The van der Waals surface area contributed by atoms with Gasteiger partial charge in [0.25, 0.3) is 0 Å². The van der Waals surface area contributed by atoms with Crippen LogP contribution in [0.2, 0.25) is 0 Å². The molecular weight excluding hydrogens is 218 g/mol. The van der Waals surface area contributed by atoms with Crippen molar-refractivity contribution in [2.24, 2.45) is 5.84 Å². The largest absolute Gasteiger partial charge is 0.497 e. The van der Waals surface area contributed by atoms with Gasteiger partial charge in [0.1, 0.15) is 11.4 Å². The number of hydrogen-bond acceptors (Lipinski definition) is 5. The summed E-state index contributed by atoms with van der Waals surface area (Å²) in [6.07, 6.45) is 2.38. The van der Waals surface area contributed by atoms with E-state index in [9.17, 15) is 0 Å². The van der Waals surface area contributed by atoms with Crippen LogP contribution < -0.4 is 16.0 Å². The van der Waals surface area contributed by atoms with Crippen molar-refractivity contribution < 1.29 is 4.74 Å². The minimum Gasteiger partial charge on any atom is -0.497 e. The predicted molar refractivity (Wildman–Crippen MR) is 63.1 cm³/mol. The topological polar surface area (TPSA) is 88.9 Å². The molecule has 0 spiro atoms. The molecule has 0 aliphatic carbocycles. The molecule has 0 fully saturated rings. The molecule has 2 rings (SSSR count). The third-order valence-corrected chi connectivity index (χ3v) is 2.57. The molecule has 0 aliphatic heterocycles. The number of H-pyrrole nitrogens is 1. The highest BCUT2D eigenvalue weighted by Crippen LogP contribution is 2.18. The van der Waals surface area contributed by atoms with E-state index in [0.29, 0.717) is 0 Å². The van der Waals surface area contributed by atoms with Gasteiger partial charge in [0, 0.05) is 0 Å². The first kappa shape index (κ1) is 11.6. The molecule has 6 heteroatoms. The summed E-state index contributed by atoms with van der Waals surface area (Å²) in [7, 11) is 1.65. The van der Waals surface area contributed by atoms with Crippen molar-refractivity contribution in [2.45, 2.75) is 12.5 Å². The molecule has 1 atom stereocenters. The van der Waals surface area contributed by atoms with Gasteiger partial charge in [-0.2, -0.15) is 15.4 Å². The number of nitrogens with two attached hydrogens (primary N) is 1. The average Bonchev–Trinajstić information content (AvgIpc) is 2.90. The molecule has 0 radical (unpaired) electrons. The highest BCUT2D eigenvalue weighted by atomic mass is 16.5. The predicted octanol–water partition coefficient (Wildman–Crippen LogP) is 0.560. The Morgan fingerprint density at radius 1 is 1.53 bits per heavy atom. The summed E-state index contributed by atoms with van der Waals surface area (Å²) in [6, 6.07) is 7.78. The van der Waals surface area contributed by atoms with Crippen LogP contribution in [0, 0.1) is 0 Å². The molecule has 1 aromatic heterocycles. The standard InChI is InChI=1S/C11H15N5O/c1-17-9-4-2-3-8(5-9)6-10(14-12)11-7-13-16-15-11/h2-5,7,10,14H,6,12H2,1H3,(H,13,15,16). The fraction of sp³-hybridized carbons (Fsp3) is 0.273. The Labute approximate surface area is 99.1 Å². The number of benzene rings is 1. The molecule has 0 saturated heterocycles. The summed E-state index contributed by atoms with van der Waals surface area (Å²) in [5, 5.41) is 10.4. The lowest BCUT2D eigenvalue weighted by molar-refractivity contribution is 0.413. The Morgan fingerprint density at radius 3 is 3.06 bits per heavy atom. The third-order valence-electron chi connectivity index (χ3n) is 2.57. The van der Waals surface area contributed by atoms with E-state index in [2.05, 4.69) is 20.8 Å². The van der Waals surface area contributed by atoms with Crippen LogP contribution in [0.3, 0.4) is 0 Å². The Balaban J connectivity index is 2.13. The number of ether oxygens (including phenoxy) is 1. The van der Waals surface area contributed by atoms with Gasteiger partial charge in [0.05, 0.1) is 19.3 Å². The fourth-order valence-electron chi connectivity index (χ4n) is 1.66. The third kappa shape index (κ3) is 2.80. The molecular formula is C11H15N5O. The Morgan fingerprint density at radius 2 is 2.41 bits per heavy atom. The molecule has 2 aromatic rings. The Bertz CT molecular complexity index is 457. The summed E-state index contributed by atoms with van der Waals surface area (Å²) in [6.45, 7) is 0. The quantitative estimate of drug-likeness (QED) is 0.518. The minimum absolute atomic E-state index is 0.0687. The zero-order valence-electron chi connectivity index (χ0n) is 9.55. The van der Waals surface area contributed by atoms with Gasteiger partial charge in [-0.1, -0.05) is 12.1 Å². The lowest BCUT2D eigenvalue weighted by atomic mass is 10.0. The lowest BCUT2D eigenvalue weighted by Crippen LogP contribution is -2.29. The van der Waals surface area contributed by atoms with Crippen LogP contribution >= 0.6 is 0 Å². The second-order valence-corrected chi connectivity index (χ2v) is 3.67. The molecule has 1 heterocycles. The smallest absolute Gasteiger partial charge is 0.119 e. The van der Waals surface area contributed by atoms with Crippen LogP contribution in [-0.2, 0) is 6.42 Å². The van der Waals surface area contributed by atoms with Crippen LogP contribution in [0.1, 0.15) is 17.3 Å². The summed E-state index contributed by atoms with van der Waals surface area (Å²) in [5.41, 5.74) is 4.64. The Kier molecular flexibility index (Phi) is 3.69. The van der Waals surface area contributed by atoms with Gasteiger partial charge >= 0.3 is 0 Å². The van der Waals surface area contributed by atoms with E-state index in [1.54, 1.807) is 13.3 Å². The summed E-state index contributed by atoms with van der Waals surface area (Å²) >= 11 is 0. The van der Waals surface area contributed by atoms with Crippen molar-refractivity contribution in [3.05, 3.63) is 41.7 Å². The van der Waals surface area contributed by atoms with Gasteiger partial charge in [-0.05, 0) is 24.1 Å². The van der Waals surface area contributed by atoms with Crippen molar-refractivity contribution in [1.29, 1.82) is 0 Å². The zero-order chi connectivity index (χ0) is 12.1. The van der Waals surface area contributed by atoms with Crippen molar-refractivity contribution >= 4 is 0 Å². The van der Waals surface area contributed by atoms with Crippen LogP contribution in [0.5, 0.6) is 5.75 Å². The van der Waals surface area contributed by atoms with Crippen molar-refractivity contribution in [3.63, 3.8) is 0 Å². The van der Waals surface area contributed by atoms with E-state index in [-0.39, 0.29) is 6.04 Å². The van der Waals surface area contributed by atoms with Gasteiger partial charge in [-0.25, -0.2) is 0 Å². The normalized spacial score (nSPS) is 12.4. The van der Waals surface area contributed by atoms with Gasteiger partial charge in [-0.15, -0.1) is 0 Å². The van der Waals surface area contributed by atoms with Crippen molar-refractivity contribution in [2.75, 3.05) is 7.11 Å². The van der Waals surface area contributed by atoms with E-state index in [4.69, 9.17) is 10.6 Å². The van der Waals surface area contributed by atoms with Gasteiger partial charge in [-0.3, -0.25) is 11.3 Å². The molecule has 6 nitrogen and oxygen atoms in total. The first-order valence-electron chi connectivity index (χ1n) is 5.28. The first-order valence-corrected chi connectivity index (χ1v) is 5.28. The molecule has 1 aromatic carbocycles. The monoisotopic (exact) mass is 233 g/mol. The number of rotatable bonds is 5. The Hall–Kier alpha value is -1.92. The van der Waals surface area contributed by atoms with E-state index < -0.39 is 0 Å². The molecule has 0 bridgehead atoms. The second-order valence-electron chi connectivity index (χ2n) is 3.67. The molecule has 0 amide bonds. The maximum atomic E-state index is 5.52. The average molecular weight is 233 g/mol. The van der Waals surface area contributed by atoms with Crippen LogP contribution in [0.15, 0.2) is 30.5 Å². The van der Waals surface area contributed by atoms with E-state index in [1.807, 2.05) is 24.3 Å². The minimum atomic E-state index is -0.0687. The van der Waals surface area contributed by atoms with E-state index >= 15 is 0 Å². The number of nitrogens with one attached hydrogen (secondary N) is 2. The van der Waals surface area contributed by atoms with E-state index in [1.165, 1.54) is 0 Å². The maximum absolute atomic E-state index is 5.52. The zero-order valence-corrected chi connectivity index (χ0v) is 9.55. The van der Waals surface area contributed by atoms with Crippen LogP contribution in [0.4, 0.5) is 0 Å². The number of hydrazine groups is 1. The highest BCUT2D eigenvalue weighted by molar-refractivity contribution is 5.29. The second kappa shape index (κ2) is 5.42. The number of aromatic nitrogens is 3. The lowest BCUT2D eigenvalue weighted by Gasteiger charge is -2.13. The van der Waals surface area contributed by atoms with Gasteiger partial charge in [0.2, 0.25) is 0 Å². The molecule has 0 saturated carbocycles.